The Kier molecular flexibility index (Phi) is 7.63. The summed E-state index contributed by atoms with van der Waals surface area (Å²) < 4.78 is 15.7. The normalized spacial score (nSPS) is 14.8. The molecule has 2 aromatic carbocycles. The molecule has 4 heterocycles. The molecule has 1 aliphatic heterocycles. The van der Waals surface area contributed by atoms with Crippen LogP contribution in [0.15, 0.2) is 53.6 Å². The van der Waals surface area contributed by atoms with Crippen molar-refractivity contribution in [3.8, 4) is 6.07 Å². The van der Waals surface area contributed by atoms with E-state index in [1.807, 2.05) is 33.9 Å². The van der Waals surface area contributed by atoms with Crippen molar-refractivity contribution >= 4 is 56.8 Å². The molecule has 0 amide bonds. The fourth-order valence-corrected chi connectivity index (χ4v) is 6.14. The van der Waals surface area contributed by atoms with Crippen molar-refractivity contribution < 1.29 is 4.39 Å². The summed E-state index contributed by atoms with van der Waals surface area (Å²) in [6.07, 6.45) is 6.08. The van der Waals surface area contributed by atoms with Crippen LogP contribution in [0.5, 0.6) is 0 Å². The lowest BCUT2D eigenvalue weighted by atomic mass is 9.93. The van der Waals surface area contributed by atoms with E-state index in [0.717, 1.165) is 42.9 Å². The molecular formula is C28H23Cl2FN8S. The fourth-order valence-electron chi connectivity index (χ4n) is 5.06. The van der Waals surface area contributed by atoms with E-state index in [4.69, 9.17) is 23.2 Å². The first-order chi connectivity index (χ1) is 19.5. The van der Waals surface area contributed by atoms with Crippen LogP contribution in [-0.4, -0.2) is 38.1 Å². The first kappa shape index (κ1) is 26.6. The second-order valence-electron chi connectivity index (χ2n) is 9.66. The summed E-state index contributed by atoms with van der Waals surface area (Å²) in [5.74, 6) is -0.669. The number of hydrogen-bond acceptors (Lipinski definition) is 8. The van der Waals surface area contributed by atoms with Gasteiger partial charge in [0.05, 0.1) is 55.7 Å². The first-order valence-electron chi connectivity index (χ1n) is 12.7. The molecule has 0 unspecified atom stereocenters. The van der Waals surface area contributed by atoms with Gasteiger partial charge in [-0.05, 0) is 68.2 Å². The van der Waals surface area contributed by atoms with Crippen LogP contribution in [0, 0.1) is 17.1 Å². The predicted octanol–water partition coefficient (Wildman–Crippen LogP) is 6.64. The Balaban J connectivity index is 1.39. The van der Waals surface area contributed by atoms with Gasteiger partial charge < -0.3 is 10.6 Å². The molecule has 0 spiro atoms. The molecule has 3 aromatic heterocycles. The standard InChI is InChI=1S/C28H23Cl2FN8S/c29-22-10-18(1-2-24(22)31)36-27-17(11-32)12-34-28-21(27)8-16(9-23(28)30)7-20(26-14-40-15-35-26)25-13-39(38-37-25)19-3-5-33-6-4-19/h1-2,8-10,12-15,19-20,33H,3-7H2,(H,34,36)/t20-/m1/s1. The number of piperidine rings is 1. The van der Waals surface area contributed by atoms with Gasteiger partial charge >= 0.3 is 0 Å². The number of fused-ring (bicyclic) bond motifs is 1. The summed E-state index contributed by atoms with van der Waals surface area (Å²) in [6, 6.07) is 10.7. The molecule has 6 rings (SSSR count). The predicted molar refractivity (Wildman–Crippen MR) is 155 cm³/mol. The number of aromatic nitrogens is 5. The smallest absolute Gasteiger partial charge is 0.141 e. The molecule has 5 aromatic rings. The van der Waals surface area contributed by atoms with E-state index in [1.54, 1.807) is 6.07 Å². The number of anilines is 2. The van der Waals surface area contributed by atoms with Crippen molar-refractivity contribution in [2.75, 3.05) is 18.4 Å². The third kappa shape index (κ3) is 5.38. The highest BCUT2D eigenvalue weighted by atomic mass is 35.5. The van der Waals surface area contributed by atoms with Crippen molar-refractivity contribution in [3.05, 3.63) is 92.0 Å². The van der Waals surface area contributed by atoms with Gasteiger partial charge in [-0.1, -0.05) is 28.4 Å². The number of hydrogen-bond donors (Lipinski definition) is 2. The summed E-state index contributed by atoms with van der Waals surface area (Å²) in [6.45, 7) is 1.92. The van der Waals surface area contributed by atoms with Crippen molar-refractivity contribution in [1.82, 2.24) is 30.3 Å². The quantitative estimate of drug-likeness (QED) is 0.218. The third-order valence-corrected chi connectivity index (χ3v) is 8.29. The van der Waals surface area contributed by atoms with Gasteiger partial charge in [-0.15, -0.1) is 16.4 Å². The largest absolute Gasteiger partial charge is 0.354 e. The van der Waals surface area contributed by atoms with Crippen LogP contribution in [0.3, 0.4) is 0 Å². The fraction of sp³-hybridized carbons (Fsp3) is 0.250. The second kappa shape index (κ2) is 11.5. The van der Waals surface area contributed by atoms with Gasteiger partial charge in [0.2, 0.25) is 0 Å². The van der Waals surface area contributed by atoms with Crippen LogP contribution in [0.25, 0.3) is 10.9 Å². The number of nitriles is 1. The minimum atomic E-state index is -0.525. The van der Waals surface area contributed by atoms with Gasteiger partial charge in [0, 0.05) is 28.8 Å². The molecule has 2 N–H and O–H groups in total. The summed E-state index contributed by atoms with van der Waals surface area (Å²) in [4.78, 5) is 9.05. The minimum absolute atomic E-state index is 0.0239. The van der Waals surface area contributed by atoms with Gasteiger partial charge in [0.25, 0.3) is 0 Å². The van der Waals surface area contributed by atoms with E-state index >= 15 is 0 Å². The van der Waals surface area contributed by atoms with Crippen molar-refractivity contribution in [2.24, 2.45) is 0 Å². The number of thiazole rings is 1. The Morgan fingerprint density at radius 3 is 2.75 bits per heavy atom. The number of benzene rings is 2. The number of nitrogens with zero attached hydrogens (tertiary/aromatic N) is 6. The number of nitrogens with one attached hydrogen (secondary N) is 2. The molecule has 12 heteroatoms. The second-order valence-corrected chi connectivity index (χ2v) is 11.2. The average molecular weight is 594 g/mol. The van der Waals surface area contributed by atoms with Crippen LogP contribution in [-0.2, 0) is 6.42 Å². The molecule has 0 saturated carbocycles. The van der Waals surface area contributed by atoms with Gasteiger partial charge in [-0.25, -0.2) is 14.1 Å². The minimum Gasteiger partial charge on any atom is -0.354 e. The van der Waals surface area contributed by atoms with Crippen LogP contribution >= 0.6 is 34.5 Å². The zero-order valence-corrected chi connectivity index (χ0v) is 23.4. The zero-order valence-electron chi connectivity index (χ0n) is 21.1. The monoisotopic (exact) mass is 592 g/mol. The van der Waals surface area contributed by atoms with E-state index < -0.39 is 5.82 Å². The molecule has 8 nitrogen and oxygen atoms in total. The van der Waals surface area contributed by atoms with Crippen LogP contribution in [0.4, 0.5) is 15.8 Å². The van der Waals surface area contributed by atoms with E-state index in [-0.39, 0.29) is 10.9 Å². The maximum absolute atomic E-state index is 13.8. The molecule has 1 fully saturated rings. The number of pyridine rings is 1. The van der Waals surface area contributed by atoms with E-state index in [2.05, 4.69) is 37.0 Å². The molecule has 40 heavy (non-hydrogen) atoms. The van der Waals surface area contributed by atoms with Gasteiger partial charge in [-0.2, -0.15) is 5.26 Å². The van der Waals surface area contributed by atoms with E-state index in [1.165, 1.54) is 29.7 Å². The summed E-state index contributed by atoms with van der Waals surface area (Å²) >= 11 is 14.3. The lowest BCUT2D eigenvalue weighted by molar-refractivity contribution is 0.337. The van der Waals surface area contributed by atoms with Crippen molar-refractivity contribution in [3.63, 3.8) is 0 Å². The summed E-state index contributed by atoms with van der Waals surface area (Å²) in [7, 11) is 0. The Morgan fingerprint density at radius 1 is 1.15 bits per heavy atom. The van der Waals surface area contributed by atoms with Crippen molar-refractivity contribution in [1.29, 1.82) is 5.26 Å². The van der Waals surface area contributed by atoms with Gasteiger partial charge in [0.1, 0.15) is 11.9 Å². The highest BCUT2D eigenvalue weighted by Crippen LogP contribution is 2.36. The topological polar surface area (TPSA) is 104 Å². The Labute approximate surface area is 243 Å². The third-order valence-electron chi connectivity index (χ3n) is 7.11. The summed E-state index contributed by atoms with van der Waals surface area (Å²) in [5, 5.41) is 28.6. The Bertz CT molecular complexity index is 1710. The maximum Gasteiger partial charge on any atom is 0.141 e. The maximum atomic E-state index is 13.8. The van der Waals surface area contributed by atoms with Crippen LogP contribution in [0.1, 0.15) is 47.3 Å². The molecule has 1 saturated heterocycles. The number of halogens is 3. The lowest BCUT2D eigenvalue weighted by Crippen LogP contribution is -2.29. The Hall–Kier alpha value is -3.62. The molecule has 202 valence electrons. The zero-order chi connectivity index (χ0) is 27.6. The Morgan fingerprint density at radius 2 is 2.00 bits per heavy atom. The van der Waals surface area contributed by atoms with Crippen LogP contribution < -0.4 is 10.6 Å². The van der Waals surface area contributed by atoms with Crippen LogP contribution in [0.2, 0.25) is 10.0 Å². The molecule has 0 radical (unpaired) electrons. The molecule has 0 aliphatic carbocycles. The van der Waals surface area contributed by atoms with Gasteiger partial charge in [0.15, 0.2) is 0 Å². The number of rotatable bonds is 7. The molecular weight excluding hydrogens is 570 g/mol. The van der Waals surface area contributed by atoms with E-state index in [0.29, 0.717) is 45.3 Å². The molecule has 1 aliphatic rings. The highest BCUT2D eigenvalue weighted by molar-refractivity contribution is 7.07. The first-order valence-corrected chi connectivity index (χ1v) is 14.4. The molecule has 1 atom stereocenters. The SMILES string of the molecule is N#Cc1cnc2c(Cl)cc(C[C@@H](c3cscn3)c3cn(C4CCNCC4)nn3)cc2c1Nc1ccc(F)c(Cl)c1. The lowest BCUT2D eigenvalue weighted by Gasteiger charge is -2.22. The van der Waals surface area contributed by atoms with E-state index in [9.17, 15) is 9.65 Å². The van der Waals surface area contributed by atoms with Gasteiger partial charge in [-0.3, -0.25) is 4.98 Å². The summed E-state index contributed by atoms with van der Waals surface area (Å²) in [5.41, 5.74) is 6.39. The molecule has 0 bridgehead atoms. The average Bonchev–Trinajstić information content (AvgIpc) is 3.68. The highest BCUT2D eigenvalue weighted by Gasteiger charge is 2.24. The van der Waals surface area contributed by atoms with Crippen molar-refractivity contribution in [2.45, 2.75) is 31.2 Å².